The SMILES string of the molecule is CCN(CC)c1ccc(N=C2C(=N)N(Cc3ccccc3)NC2C)cc1. The minimum absolute atomic E-state index is 0.0219. The van der Waals surface area contributed by atoms with E-state index in [4.69, 9.17) is 10.4 Å². The predicted molar refractivity (Wildman–Crippen MR) is 109 cm³/mol. The second-order valence-electron chi connectivity index (χ2n) is 6.46. The highest BCUT2D eigenvalue weighted by molar-refractivity contribution is 6.43. The first-order valence-electron chi connectivity index (χ1n) is 9.22. The Hall–Kier alpha value is -2.66. The number of benzene rings is 2. The van der Waals surface area contributed by atoms with Gasteiger partial charge in [-0.1, -0.05) is 30.3 Å². The molecule has 1 saturated heterocycles. The molecule has 1 aliphatic heterocycles. The Bertz CT molecular complexity index is 763. The monoisotopic (exact) mass is 349 g/mol. The van der Waals surface area contributed by atoms with Crippen molar-refractivity contribution in [3.63, 3.8) is 0 Å². The molecule has 5 nitrogen and oxygen atoms in total. The molecule has 0 spiro atoms. The van der Waals surface area contributed by atoms with Crippen LogP contribution < -0.4 is 10.3 Å². The normalized spacial score (nSPS) is 18.6. The number of nitrogens with one attached hydrogen (secondary N) is 2. The Morgan fingerprint density at radius 2 is 1.69 bits per heavy atom. The number of hydrogen-bond donors (Lipinski definition) is 2. The van der Waals surface area contributed by atoms with Crippen molar-refractivity contribution in [3.8, 4) is 0 Å². The highest BCUT2D eigenvalue weighted by Gasteiger charge is 2.30. The Morgan fingerprint density at radius 3 is 2.31 bits per heavy atom. The van der Waals surface area contributed by atoms with Crippen LogP contribution in [0.3, 0.4) is 0 Å². The van der Waals surface area contributed by atoms with Gasteiger partial charge in [-0.3, -0.25) is 10.4 Å². The van der Waals surface area contributed by atoms with Gasteiger partial charge in [0, 0.05) is 18.8 Å². The highest BCUT2D eigenvalue weighted by Crippen LogP contribution is 2.21. The molecule has 1 unspecified atom stereocenters. The molecule has 2 N–H and O–H groups in total. The van der Waals surface area contributed by atoms with Gasteiger partial charge in [-0.15, -0.1) is 0 Å². The first-order chi connectivity index (χ1) is 12.6. The summed E-state index contributed by atoms with van der Waals surface area (Å²) in [5.74, 6) is 0.439. The summed E-state index contributed by atoms with van der Waals surface area (Å²) in [6.07, 6.45) is 0. The lowest BCUT2D eigenvalue weighted by Crippen LogP contribution is -2.35. The van der Waals surface area contributed by atoms with Gasteiger partial charge >= 0.3 is 0 Å². The molecule has 2 aromatic carbocycles. The second-order valence-corrected chi connectivity index (χ2v) is 6.46. The number of hydrazine groups is 1. The van der Waals surface area contributed by atoms with Crippen LogP contribution in [0.15, 0.2) is 59.6 Å². The lowest BCUT2D eigenvalue weighted by molar-refractivity contribution is 0.312. The predicted octanol–water partition coefficient (Wildman–Crippen LogP) is 3.99. The maximum absolute atomic E-state index is 8.49. The van der Waals surface area contributed by atoms with Gasteiger partial charge in [0.2, 0.25) is 0 Å². The molecular weight excluding hydrogens is 322 g/mol. The number of amidine groups is 1. The molecule has 0 bridgehead atoms. The van der Waals surface area contributed by atoms with E-state index >= 15 is 0 Å². The van der Waals surface area contributed by atoms with Crippen LogP contribution in [-0.4, -0.2) is 35.7 Å². The minimum atomic E-state index is 0.0219. The maximum atomic E-state index is 8.49. The molecule has 0 amide bonds. The van der Waals surface area contributed by atoms with Gasteiger partial charge < -0.3 is 4.90 Å². The van der Waals surface area contributed by atoms with Gasteiger partial charge in [0.05, 0.1) is 18.3 Å². The van der Waals surface area contributed by atoms with Crippen LogP contribution in [0.4, 0.5) is 11.4 Å². The molecule has 2 aromatic rings. The van der Waals surface area contributed by atoms with Gasteiger partial charge in [-0.2, -0.15) is 0 Å². The quantitative estimate of drug-likeness (QED) is 0.829. The van der Waals surface area contributed by atoms with E-state index in [1.807, 2.05) is 42.3 Å². The van der Waals surface area contributed by atoms with E-state index in [0.717, 1.165) is 24.5 Å². The molecule has 0 aromatic heterocycles. The number of rotatable bonds is 6. The molecule has 1 aliphatic rings. The Labute approximate surface area is 155 Å². The molecule has 1 atom stereocenters. The topological polar surface area (TPSA) is 54.7 Å². The van der Waals surface area contributed by atoms with Gasteiger partial charge in [0.1, 0.15) is 5.71 Å². The average Bonchev–Trinajstić information content (AvgIpc) is 2.92. The van der Waals surface area contributed by atoms with Crippen LogP contribution in [0.2, 0.25) is 0 Å². The first-order valence-corrected chi connectivity index (χ1v) is 9.22. The summed E-state index contributed by atoms with van der Waals surface area (Å²) in [4.78, 5) is 7.04. The lowest BCUT2D eigenvalue weighted by Gasteiger charge is -2.20. The summed E-state index contributed by atoms with van der Waals surface area (Å²) in [6.45, 7) is 9.00. The van der Waals surface area contributed by atoms with E-state index in [2.05, 4.69) is 48.4 Å². The summed E-state index contributed by atoms with van der Waals surface area (Å²) in [6, 6.07) is 18.5. The zero-order valence-electron chi connectivity index (χ0n) is 15.7. The number of hydrogen-bond acceptors (Lipinski definition) is 4. The third kappa shape index (κ3) is 3.94. The largest absolute Gasteiger partial charge is 0.372 e. The molecule has 0 aliphatic carbocycles. The van der Waals surface area contributed by atoms with E-state index in [0.29, 0.717) is 12.4 Å². The number of nitrogens with zero attached hydrogens (tertiary/aromatic N) is 3. The zero-order chi connectivity index (χ0) is 18.5. The van der Waals surface area contributed by atoms with Crippen molar-refractivity contribution in [2.45, 2.75) is 33.4 Å². The summed E-state index contributed by atoms with van der Waals surface area (Å²) >= 11 is 0. The van der Waals surface area contributed by atoms with Gasteiger partial charge in [0.25, 0.3) is 0 Å². The van der Waals surface area contributed by atoms with Gasteiger partial charge in [-0.25, -0.2) is 10.4 Å². The Kier molecular flexibility index (Phi) is 5.68. The van der Waals surface area contributed by atoms with Crippen molar-refractivity contribution in [3.05, 3.63) is 60.2 Å². The highest BCUT2D eigenvalue weighted by atomic mass is 15.6. The third-order valence-corrected chi connectivity index (χ3v) is 4.68. The van der Waals surface area contributed by atoms with Crippen LogP contribution in [0.1, 0.15) is 26.3 Å². The Morgan fingerprint density at radius 1 is 1.04 bits per heavy atom. The van der Waals surface area contributed by atoms with Crippen LogP contribution in [0, 0.1) is 5.41 Å². The standard InChI is InChI=1S/C21H27N5/c1-4-25(5-2)19-13-11-18(12-14-19)23-20-16(3)24-26(21(20)22)15-17-9-7-6-8-10-17/h6-14,16,22,24H,4-5,15H2,1-3H3. The number of anilines is 1. The van der Waals surface area contributed by atoms with E-state index in [1.165, 1.54) is 11.3 Å². The van der Waals surface area contributed by atoms with Crippen LogP contribution in [0.25, 0.3) is 0 Å². The summed E-state index contributed by atoms with van der Waals surface area (Å²) in [5, 5.41) is 10.4. The van der Waals surface area contributed by atoms with Crippen LogP contribution in [0.5, 0.6) is 0 Å². The first kappa shape index (κ1) is 18.1. The molecule has 136 valence electrons. The van der Waals surface area contributed by atoms with E-state index in [-0.39, 0.29) is 6.04 Å². The molecule has 1 fully saturated rings. The van der Waals surface area contributed by atoms with Crippen molar-refractivity contribution in [2.24, 2.45) is 4.99 Å². The van der Waals surface area contributed by atoms with E-state index in [1.54, 1.807) is 0 Å². The molecule has 3 rings (SSSR count). The van der Waals surface area contributed by atoms with Crippen molar-refractivity contribution in [2.75, 3.05) is 18.0 Å². The molecule has 1 heterocycles. The molecule has 0 saturated carbocycles. The maximum Gasteiger partial charge on any atom is 0.159 e. The molecule has 5 heteroatoms. The fourth-order valence-corrected chi connectivity index (χ4v) is 3.21. The third-order valence-electron chi connectivity index (χ3n) is 4.68. The van der Waals surface area contributed by atoms with Gasteiger partial charge in [0.15, 0.2) is 5.84 Å². The lowest BCUT2D eigenvalue weighted by atomic mass is 10.2. The smallest absolute Gasteiger partial charge is 0.159 e. The molecule has 0 radical (unpaired) electrons. The summed E-state index contributed by atoms with van der Waals surface area (Å²) in [7, 11) is 0. The molecule has 26 heavy (non-hydrogen) atoms. The van der Waals surface area contributed by atoms with Crippen LogP contribution in [-0.2, 0) is 6.54 Å². The van der Waals surface area contributed by atoms with Crippen molar-refractivity contribution < 1.29 is 0 Å². The van der Waals surface area contributed by atoms with Crippen molar-refractivity contribution >= 4 is 22.9 Å². The average molecular weight is 349 g/mol. The van der Waals surface area contributed by atoms with Crippen LogP contribution >= 0.6 is 0 Å². The summed E-state index contributed by atoms with van der Waals surface area (Å²) < 4.78 is 0. The van der Waals surface area contributed by atoms with Crippen molar-refractivity contribution in [1.82, 2.24) is 10.4 Å². The van der Waals surface area contributed by atoms with E-state index in [9.17, 15) is 0 Å². The van der Waals surface area contributed by atoms with Gasteiger partial charge in [-0.05, 0) is 50.6 Å². The summed E-state index contributed by atoms with van der Waals surface area (Å²) in [5.41, 5.74) is 7.37. The second kappa shape index (κ2) is 8.15. The zero-order valence-corrected chi connectivity index (χ0v) is 15.7. The fraction of sp³-hybridized carbons (Fsp3) is 0.333. The Balaban J connectivity index is 1.75. The van der Waals surface area contributed by atoms with Crippen molar-refractivity contribution in [1.29, 1.82) is 5.41 Å². The molecular formula is C21H27N5. The minimum Gasteiger partial charge on any atom is -0.372 e. The number of aliphatic imine (C=N–C) groups is 1. The van der Waals surface area contributed by atoms with E-state index < -0.39 is 0 Å². The fourth-order valence-electron chi connectivity index (χ4n) is 3.21.